The van der Waals surface area contributed by atoms with Gasteiger partial charge in [0, 0.05) is 12.6 Å². The molecule has 21 heavy (non-hydrogen) atoms. The summed E-state index contributed by atoms with van der Waals surface area (Å²) in [7, 11) is 0. The fourth-order valence-electron chi connectivity index (χ4n) is 3.05. The van der Waals surface area contributed by atoms with E-state index in [1.165, 1.54) is 31.2 Å². The lowest BCUT2D eigenvalue weighted by molar-refractivity contribution is 0.101. The molecule has 2 N–H and O–H groups in total. The molecule has 1 aromatic carbocycles. The summed E-state index contributed by atoms with van der Waals surface area (Å²) < 4.78 is 5.75. The van der Waals surface area contributed by atoms with E-state index in [2.05, 4.69) is 24.4 Å². The summed E-state index contributed by atoms with van der Waals surface area (Å²) in [5.41, 5.74) is 2.29. The second kappa shape index (κ2) is 7.81. The van der Waals surface area contributed by atoms with Crippen LogP contribution in [0.15, 0.2) is 18.2 Å². The van der Waals surface area contributed by atoms with Crippen molar-refractivity contribution in [3.05, 3.63) is 29.3 Å². The minimum absolute atomic E-state index is 0.342. The number of aryl methyl sites for hydroxylation is 2. The Morgan fingerprint density at radius 1 is 1.29 bits per heavy atom. The third-order valence-electron chi connectivity index (χ3n) is 4.56. The van der Waals surface area contributed by atoms with E-state index >= 15 is 0 Å². The van der Waals surface area contributed by atoms with Crippen molar-refractivity contribution < 1.29 is 9.84 Å². The predicted octanol–water partition coefficient (Wildman–Crippen LogP) is 3.21. The normalized spacial score (nSPS) is 18.7. The van der Waals surface area contributed by atoms with Gasteiger partial charge in [0.05, 0.1) is 0 Å². The van der Waals surface area contributed by atoms with Crippen LogP contribution in [-0.2, 0) is 0 Å². The third-order valence-corrected chi connectivity index (χ3v) is 4.56. The number of aliphatic hydroxyl groups is 1. The van der Waals surface area contributed by atoms with Crippen LogP contribution < -0.4 is 10.1 Å². The summed E-state index contributed by atoms with van der Waals surface area (Å²) >= 11 is 0. The van der Waals surface area contributed by atoms with Crippen LogP contribution in [0.4, 0.5) is 0 Å². The molecule has 0 aliphatic heterocycles. The fraction of sp³-hybridized carbons (Fsp3) is 0.667. The quantitative estimate of drug-likeness (QED) is 0.810. The largest absolute Gasteiger partial charge is 0.491 e. The Morgan fingerprint density at radius 3 is 2.71 bits per heavy atom. The van der Waals surface area contributed by atoms with E-state index in [-0.39, 0.29) is 0 Å². The highest BCUT2D eigenvalue weighted by atomic mass is 16.5. The van der Waals surface area contributed by atoms with Crippen LogP contribution in [0.1, 0.15) is 43.7 Å². The molecule has 0 spiro atoms. The fourth-order valence-corrected chi connectivity index (χ4v) is 3.05. The first-order chi connectivity index (χ1) is 10.1. The highest BCUT2D eigenvalue weighted by Crippen LogP contribution is 2.27. The van der Waals surface area contributed by atoms with Crippen molar-refractivity contribution in [1.29, 1.82) is 0 Å². The SMILES string of the molecule is Cc1ccc(C)c(OCC(O)CNC(C)C2CCCC2)c1. The minimum atomic E-state index is -0.464. The molecule has 118 valence electrons. The van der Waals surface area contributed by atoms with E-state index in [1.807, 2.05) is 19.9 Å². The molecular formula is C18H29NO2. The van der Waals surface area contributed by atoms with Crippen molar-refractivity contribution in [2.75, 3.05) is 13.2 Å². The highest BCUT2D eigenvalue weighted by Gasteiger charge is 2.21. The Bertz CT molecular complexity index is 441. The van der Waals surface area contributed by atoms with Crippen molar-refractivity contribution in [3.8, 4) is 5.75 Å². The first-order valence-electron chi connectivity index (χ1n) is 8.17. The maximum absolute atomic E-state index is 10.1. The maximum atomic E-state index is 10.1. The number of aliphatic hydroxyl groups excluding tert-OH is 1. The van der Waals surface area contributed by atoms with Gasteiger partial charge >= 0.3 is 0 Å². The van der Waals surface area contributed by atoms with Gasteiger partial charge in [-0.2, -0.15) is 0 Å². The number of ether oxygens (including phenoxy) is 1. The van der Waals surface area contributed by atoms with Crippen molar-refractivity contribution in [3.63, 3.8) is 0 Å². The summed E-state index contributed by atoms with van der Waals surface area (Å²) in [5.74, 6) is 1.65. The van der Waals surface area contributed by atoms with E-state index in [0.29, 0.717) is 19.2 Å². The van der Waals surface area contributed by atoms with Crippen LogP contribution >= 0.6 is 0 Å². The molecule has 1 fully saturated rings. The second-order valence-electron chi connectivity index (χ2n) is 6.48. The highest BCUT2D eigenvalue weighted by molar-refractivity contribution is 5.35. The lowest BCUT2D eigenvalue weighted by atomic mass is 10.00. The van der Waals surface area contributed by atoms with Crippen molar-refractivity contribution >= 4 is 0 Å². The predicted molar refractivity (Wildman–Crippen MR) is 86.8 cm³/mol. The second-order valence-corrected chi connectivity index (χ2v) is 6.48. The Kier molecular flexibility index (Phi) is 6.07. The zero-order valence-corrected chi connectivity index (χ0v) is 13.6. The number of hydrogen-bond donors (Lipinski definition) is 2. The summed E-state index contributed by atoms with van der Waals surface area (Å²) in [6.45, 7) is 7.25. The van der Waals surface area contributed by atoms with Crippen LogP contribution in [0.25, 0.3) is 0 Å². The molecule has 1 aromatic rings. The Labute approximate surface area is 128 Å². The molecule has 2 atom stereocenters. The van der Waals surface area contributed by atoms with Crippen LogP contribution in [0.3, 0.4) is 0 Å². The van der Waals surface area contributed by atoms with Gasteiger partial charge < -0.3 is 15.2 Å². The number of rotatable bonds is 7. The standard InChI is InChI=1S/C18H29NO2/c1-13-8-9-14(2)18(10-13)21-12-17(20)11-19-15(3)16-6-4-5-7-16/h8-10,15-17,19-20H,4-7,11-12H2,1-3H3. The molecule has 2 rings (SSSR count). The maximum Gasteiger partial charge on any atom is 0.122 e. The van der Waals surface area contributed by atoms with Crippen molar-refractivity contribution in [2.24, 2.45) is 5.92 Å². The van der Waals surface area contributed by atoms with Gasteiger partial charge in [-0.25, -0.2) is 0 Å². The van der Waals surface area contributed by atoms with Crippen LogP contribution in [0.2, 0.25) is 0 Å². The van der Waals surface area contributed by atoms with E-state index in [1.54, 1.807) is 0 Å². The summed E-state index contributed by atoms with van der Waals surface area (Å²) in [4.78, 5) is 0. The molecule has 0 aromatic heterocycles. The topological polar surface area (TPSA) is 41.5 Å². The average Bonchev–Trinajstić information content (AvgIpc) is 3.00. The molecule has 0 amide bonds. The number of hydrogen-bond acceptors (Lipinski definition) is 3. The molecular weight excluding hydrogens is 262 g/mol. The summed E-state index contributed by atoms with van der Waals surface area (Å²) in [6, 6.07) is 6.64. The molecule has 3 nitrogen and oxygen atoms in total. The van der Waals surface area contributed by atoms with Gasteiger partial charge in [0.2, 0.25) is 0 Å². The number of benzene rings is 1. The molecule has 0 radical (unpaired) electrons. The van der Waals surface area contributed by atoms with Gasteiger partial charge in [-0.15, -0.1) is 0 Å². The minimum Gasteiger partial charge on any atom is -0.491 e. The lowest BCUT2D eigenvalue weighted by Gasteiger charge is -2.22. The molecule has 0 saturated heterocycles. The smallest absolute Gasteiger partial charge is 0.122 e. The monoisotopic (exact) mass is 291 g/mol. The Hall–Kier alpha value is -1.06. The van der Waals surface area contributed by atoms with E-state index in [0.717, 1.165) is 17.2 Å². The van der Waals surface area contributed by atoms with Gasteiger partial charge in [0.25, 0.3) is 0 Å². The zero-order chi connectivity index (χ0) is 15.2. The molecule has 0 bridgehead atoms. The van der Waals surface area contributed by atoms with Gasteiger partial charge in [-0.3, -0.25) is 0 Å². The van der Waals surface area contributed by atoms with E-state index in [4.69, 9.17) is 4.74 Å². The van der Waals surface area contributed by atoms with E-state index in [9.17, 15) is 5.11 Å². The van der Waals surface area contributed by atoms with Gasteiger partial charge in [0.1, 0.15) is 18.5 Å². The number of nitrogens with one attached hydrogen (secondary N) is 1. The Morgan fingerprint density at radius 2 is 2.00 bits per heavy atom. The van der Waals surface area contributed by atoms with Crippen LogP contribution in [0, 0.1) is 19.8 Å². The molecule has 3 heteroatoms. The Balaban J connectivity index is 1.71. The molecule has 2 unspecified atom stereocenters. The van der Waals surface area contributed by atoms with Crippen LogP contribution in [0.5, 0.6) is 5.75 Å². The van der Waals surface area contributed by atoms with Crippen molar-refractivity contribution in [2.45, 2.75) is 58.6 Å². The lowest BCUT2D eigenvalue weighted by Crippen LogP contribution is -2.39. The van der Waals surface area contributed by atoms with Gasteiger partial charge in [-0.05, 0) is 56.7 Å². The summed E-state index contributed by atoms with van der Waals surface area (Å²) in [6.07, 6.45) is 4.89. The zero-order valence-electron chi connectivity index (χ0n) is 13.6. The van der Waals surface area contributed by atoms with E-state index < -0.39 is 6.10 Å². The average molecular weight is 291 g/mol. The molecule has 0 heterocycles. The molecule has 1 aliphatic rings. The molecule has 1 saturated carbocycles. The molecule has 1 aliphatic carbocycles. The van der Waals surface area contributed by atoms with Gasteiger partial charge in [-0.1, -0.05) is 25.0 Å². The van der Waals surface area contributed by atoms with Crippen molar-refractivity contribution in [1.82, 2.24) is 5.32 Å². The first kappa shape index (κ1) is 16.3. The summed E-state index contributed by atoms with van der Waals surface area (Å²) in [5, 5.41) is 13.5. The van der Waals surface area contributed by atoms with Gasteiger partial charge in [0.15, 0.2) is 0 Å². The third kappa shape index (κ3) is 5.01. The van der Waals surface area contributed by atoms with Crippen LogP contribution in [-0.4, -0.2) is 30.4 Å². The first-order valence-corrected chi connectivity index (χ1v) is 8.17.